The van der Waals surface area contributed by atoms with Gasteiger partial charge in [0.2, 0.25) is 0 Å². The van der Waals surface area contributed by atoms with E-state index in [0.717, 1.165) is 6.07 Å². The van der Waals surface area contributed by atoms with Crippen molar-refractivity contribution in [3.8, 4) is 0 Å². The van der Waals surface area contributed by atoms with Gasteiger partial charge in [-0.2, -0.15) is 0 Å². The molecule has 0 fully saturated rings. The van der Waals surface area contributed by atoms with E-state index in [1.54, 1.807) is 13.0 Å². The lowest BCUT2D eigenvalue weighted by molar-refractivity contribution is 0.540. The van der Waals surface area contributed by atoms with Gasteiger partial charge < -0.3 is 10.2 Å². The topological polar surface area (TPSA) is 39.2 Å². The van der Waals surface area contributed by atoms with Gasteiger partial charge in [-0.1, -0.05) is 0 Å². The van der Waals surface area contributed by atoms with E-state index in [1.807, 2.05) is 0 Å². The second-order valence-corrected chi connectivity index (χ2v) is 3.66. The Morgan fingerprint density at radius 1 is 1.40 bits per heavy atom. The minimum atomic E-state index is -0.680. The van der Waals surface area contributed by atoms with Crippen molar-refractivity contribution < 1.29 is 13.2 Å². The molecule has 80 valence electrons. The molecule has 2 nitrogen and oxygen atoms in total. The second kappa shape index (κ2) is 3.62. The molecule has 2 rings (SSSR count). The van der Waals surface area contributed by atoms with Crippen LogP contribution < -0.4 is 5.73 Å². The number of nitrogens with two attached hydrogens (primary N) is 1. The minimum Gasteiger partial charge on any atom is -0.461 e. The van der Waals surface area contributed by atoms with Crippen LogP contribution in [-0.4, -0.2) is 6.04 Å². The zero-order valence-corrected chi connectivity index (χ0v) is 8.26. The number of hydrogen-bond acceptors (Lipinski definition) is 2. The largest absolute Gasteiger partial charge is 0.461 e. The molecule has 1 unspecified atom stereocenters. The lowest BCUT2D eigenvalue weighted by Crippen LogP contribution is -2.18. The fourth-order valence-electron chi connectivity index (χ4n) is 1.65. The highest BCUT2D eigenvalue weighted by molar-refractivity contribution is 5.81. The Balaban J connectivity index is 2.65. The third-order valence-electron chi connectivity index (χ3n) is 2.28. The maximum absolute atomic E-state index is 13.5. The van der Waals surface area contributed by atoms with Crippen molar-refractivity contribution in [2.24, 2.45) is 5.73 Å². The second-order valence-electron chi connectivity index (χ2n) is 3.66. The summed E-state index contributed by atoms with van der Waals surface area (Å²) >= 11 is 0. The van der Waals surface area contributed by atoms with Gasteiger partial charge in [0.05, 0.1) is 6.26 Å². The molecule has 1 heterocycles. The number of hydrogen-bond donors (Lipinski definition) is 1. The van der Waals surface area contributed by atoms with Gasteiger partial charge in [-0.05, 0) is 19.4 Å². The summed E-state index contributed by atoms with van der Waals surface area (Å²) in [5, 5.41) is 0.463. The molecule has 0 spiro atoms. The first kappa shape index (κ1) is 10.1. The number of rotatable bonds is 2. The molecule has 0 saturated heterocycles. The molecule has 0 saturated carbocycles. The predicted octanol–water partition coefficient (Wildman–Crippen LogP) is 2.60. The van der Waals surface area contributed by atoms with Crippen molar-refractivity contribution in [3.63, 3.8) is 0 Å². The van der Waals surface area contributed by atoms with Crippen molar-refractivity contribution in [2.75, 3.05) is 0 Å². The maximum atomic E-state index is 13.5. The monoisotopic (exact) mass is 211 g/mol. The van der Waals surface area contributed by atoms with E-state index < -0.39 is 11.6 Å². The summed E-state index contributed by atoms with van der Waals surface area (Å²) in [6, 6.07) is 2.21. The van der Waals surface area contributed by atoms with Crippen LogP contribution in [0.1, 0.15) is 12.5 Å². The molecule has 4 heteroatoms. The van der Waals surface area contributed by atoms with Gasteiger partial charge in [-0.25, -0.2) is 8.78 Å². The zero-order chi connectivity index (χ0) is 11.0. The van der Waals surface area contributed by atoms with Crippen LogP contribution in [0.15, 0.2) is 22.8 Å². The molecule has 0 aliphatic heterocycles. The van der Waals surface area contributed by atoms with Crippen molar-refractivity contribution in [2.45, 2.75) is 19.4 Å². The molecule has 0 aliphatic rings. The number of halogens is 2. The fraction of sp³-hybridized carbons (Fsp3) is 0.273. The van der Waals surface area contributed by atoms with Gasteiger partial charge in [0.1, 0.15) is 5.82 Å². The molecule has 1 aromatic carbocycles. The SMILES string of the molecule is CC(N)Cc1c(F)cc(F)c2occc12. The first-order valence-corrected chi connectivity index (χ1v) is 4.69. The van der Waals surface area contributed by atoms with Crippen molar-refractivity contribution in [1.82, 2.24) is 0 Å². The first-order chi connectivity index (χ1) is 7.09. The quantitative estimate of drug-likeness (QED) is 0.829. The average molecular weight is 211 g/mol. The lowest BCUT2D eigenvalue weighted by atomic mass is 10.0. The van der Waals surface area contributed by atoms with Gasteiger partial charge in [0.25, 0.3) is 0 Å². The van der Waals surface area contributed by atoms with Crippen LogP contribution in [0.2, 0.25) is 0 Å². The zero-order valence-electron chi connectivity index (χ0n) is 8.26. The van der Waals surface area contributed by atoms with Crippen LogP contribution in [0.4, 0.5) is 8.78 Å². The van der Waals surface area contributed by atoms with Crippen molar-refractivity contribution in [3.05, 3.63) is 35.6 Å². The highest BCUT2D eigenvalue weighted by Gasteiger charge is 2.15. The molecule has 0 radical (unpaired) electrons. The van der Waals surface area contributed by atoms with Gasteiger partial charge in [0.15, 0.2) is 11.4 Å². The minimum absolute atomic E-state index is 0.0899. The van der Waals surface area contributed by atoms with E-state index in [2.05, 4.69) is 0 Å². The summed E-state index contributed by atoms with van der Waals surface area (Å²) in [5.74, 6) is -1.25. The molecular formula is C11H11F2NO. The molecule has 1 aromatic heterocycles. The first-order valence-electron chi connectivity index (χ1n) is 4.69. The summed E-state index contributed by atoms with van der Waals surface area (Å²) in [7, 11) is 0. The third-order valence-corrected chi connectivity index (χ3v) is 2.28. The van der Waals surface area contributed by atoms with Gasteiger partial charge in [-0.15, -0.1) is 0 Å². The van der Waals surface area contributed by atoms with E-state index in [4.69, 9.17) is 10.2 Å². The Hall–Kier alpha value is -1.42. The van der Waals surface area contributed by atoms with Crippen LogP contribution in [0.5, 0.6) is 0 Å². The summed E-state index contributed by atoms with van der Waals surface area (Å²) in [6.45, 7) is 1.77. The van der Waals surface area contributed by atoms with Gasteiger partial charge >= 0.3 is 0 Å². The van der Waals surface area contributed by atoms with E-state index in [0.29, 0.717) is 17.4 Å². The molecule has 2 aromatic rings. The van der Waals surface area contributed by atoms with Crippen molar-refractivity contribution >= 4 is 11.0 Å². The van der Waals surface area contributed by atoms with E-state index in [1.165, 1.54) is 6.26 Å². The van der Waals surface area contributed by atoms with Crippen LogP contribution in [-0.2, 0) is 6.42 Å². The Kier molecular flexibility index (Phi) is 2.44. The Morgan fingerprint density at radius 2 is 2.13 bits per heavy atom. The number of furan rings is 1. The van der Waals surface area contributed by atoms with E-state index >= 15 is 0 Å². The smallest absolute Gasteiger partial charge is 0.169 e. The van der Waals surface area contributed by atoms with Gasteiger partial charge in [-0.3, -0.25) is 0 Å². The summed E-state index contributed by atoms with van der Waals surface area (Å²) in [5.41, 5.74) is 6.10. The Labute approximate surface area is 85.7 Å². The summed E-state index contributed by atoms with van der Waals surface area (Å²) in [6.07, 6.45) is 1.71. The van der Waals surface area contributed by atoms with Gasteiger partial charge in [0, 0.05) is 23.1 Å². The van der Waals surface area contributed by atoms with Crippen LogP contribution >= 0.6 is 0 Å². The maximum Gasteiger partial charge on any atom is 0.169 e. The summed E-state index contributed by atoms with van der Waals surface area (Å²) < 4.78 is 31.7. The fourth-order valence-corrected chi connectivity index (χ4v) is 1.65. The molecule has 0 aliphatic carbocycles. The van der Waals surface area contributed by atoms with Crippen LogP contribution in [0.3, 0.4) is 0 Å². The lowest BCUT2D eigenvalue weighted by Gasteiger charge is -2.07. The Morgan fingerprint density at radius 3 is 2.80 bits per heavy atom. The van der Waals surface area contributed by atoms with E-state index in [-0.39, 0.29) is 11.6 Å². The van der Waals surface area contributed by atoms with Crippen molar-refractivity contribution in [1.29, 1.82) is 0 Å². The highest BCUT2D eigenvalue weighted by Crippen LogP contribution is 2.26. The number of benzene rings is 1. The Bertz CT molecular complexity index is 491. The van der Waals surface area contributed by atoms with Crippen LogP contribution in [0.25, 0.3) is 11.0 Å². The predicted molar refractivity (Wildman–Crippen MR) is 53.5 cm³/mol. The third kappa shape index (κ3) is 1.72. The molecule has 1 atom stereocenters. The summed E-state index contributed by atoms with van der Waals surface area (Å²) in [4.78, 5) is 0. The normalized spacial score (nSPS) is 13.3. The molecule has 0 amide bonds. The molecular weight excluding hydrogens is 200 g/mol. The molecule has 0 bridgehead atoms. The number of fused-ring (bicyclic) bond motifs is 1. The molecule has 15 heavy (non-hydrogen) atoms. The van der Waals surface area contributed by atoms with E-state index in [9.17, 15) is 8.78 Å². The highest BCUT2D eigenvalue weighted by atomic mass is 19.1. The molecule has 2 N–H and O–H groups in total. The standard InChI is InChI=1S/C11H11F2NO/c1-6(14)4-8-7-2-3-15-11(7)10(13)5-9(8)12/h2-3,5-6H,4,14H2,1H3. The average Bonchev–Trinajstić information content (AvgIpc) is 2.60. The van der Waals surface area contributed by atoms with Crippen LogP contribution in [0, 0.1) is 11.6 Å².